The maximum atomic E-state index is 11.9. The highest BCUT2D eigenvalue weighted by Crippen LogP contribution is 2.03. The number of nitrogens with zero attached hydrogens (tertiary/aromatic N) is 1. The molecule has 2 amide bonds. The van der Waals surface area contributed by atoms with Gasteiger partial charge in [0.05, 0.1) is 0 Å². The van der Waals surface area contributed by atoms with Crippen molar-refractivity contribution in [1.82, 2.24) is 15.6 Å². The molecule has 0 aromatic carbocycles. The molecule has 0 aliphatic rings. The molecule has 0 aliphatic carbocycles. The van der Waals surface area contributed by atoms with Gasteiger partial charge in [-0.15, -0.1) is 0 Å². The maximum Gasteiger partial charge on any atom is 0.269 e. The molecule has 0 saturated carbocycles. The van der Waals surface area contributed by atoms with Crippen molar-refractivity contribution in [3.63, 3.8) is 0 Å². The molecule has 20 heavy (non-hydrogen) atoms. The summed E-state index contributed by atoms with van der Waals surface area (Å²) in [5.74, 6) is 0.121. The van der Waals surface area contributed by atoms with Crippen LogP contribution in [-0.4, -0.2) is 29.9 Å². The largest absolute Gasteiger partial charge is 0.352 e. The Hall–Kier alpha value is -1.91. The number of rotatable bonds is 7. The molecule has 0 unspecified atom stereocenters. The van der Waals surface area contributed by atoms with E-state index in [0.717, 1.165) is 12.8 Å². The van der Waals surface area contributed by atoms with Crippen molar-refractivity contribution in [2.24, 2.45) is 5.92 Å². The van der Waals surface area contributed by atoms with Gasteiger partial charge in [-0.2, -0.15) is 0 Å². The van der Waals surface area contributed by atoms with Gasteiger partial charge in [-0.25, -0.2) is 0 Å². The molecule has 1 rings (SSSR count). The van der Waals surface area contributed by atoms with E-state index in [4.69, 9.17) is 0 Å². The monoisotopic (exact) mass is 277 g/mol. The van der Waals surface area contributed by atoms with Gasteiger partial charge in [-0.05, 0) is 30.9 Å². The molecule has 1 aromatic heterocycles. The summed E-state index contributed by atoms with van der Waals surface area (Å²) in [5, 5.41) is 5.58. The van der Waals surface area contributed by atoms with E-state index in [1.165, 1.54) is 12.3 Å². The minimum atomic E-state index is -0.240. The maximum absolute atomic E-state index is 11.9. The van der Waals surface area contributed by atoms with Gasteiger partial charge in [0, 0.05) is 24.8 Å². The molecule has 5 heteroatoms. The van der Waals surface area contributed by atoms with Gasteiger partial charge < -0.3 is 10.6 Å². The zero-order valence-electron chi connectivity index (χ0n) is 12.4. The third-order valence-corrected chi connectivity index (χ3v) is 2.80. The smallest absolute Gasteiger partial charge is 0.269 e. The topological polar surface area (TPSA) is 71.1 Å². The van der Waals surface area contributed by atoms with Crippen molar-refractivity contribution in [3.8, 4) is 0 Å². The fourth-order valence-corrected chi connectivity index (χ4v) is 1.60. The summed E-state index contributed by atoms with van der Waals surface area (Å²) < 4.78 is 0. The van der Waals surface area contributed by atoms with Gasteiger partial charge in [0.2, 0.25) is 0 Å². The minimum Gasteiger partial charge on any atom is -0.352 e. The van der Waals surface area contributed by atoms with E-state index in [2.05, 4.69) is 29.5 Å². The first kappa shape index (κ1) is 16.1. The Morgan fingerprint density at radius 2 is 1.90 bits per heavy atom. The lowest BCUT2D eigenvalue weighted by atomic mass is 10.1. The Morgan fingerprint density at radius 1 is 1.20 bits per heavy atom. The molecule has 0 radical (unpaired) electrons. The number of carbonyl (C=O) groups excluding carboxylic acids is 2. The number of aromatic nitrogens is 1. The summed E-state index contributed by atoms with van der Waals surface area (Å²) in [6.07, 6.45) is 3.28. The molecule has 0 spiro atoms. The summed E-state index contributed by atoms with van der Waals surface area (Å²) in [7, 11) is 0. The fraction of sp³-hybridized carbons (Fsp3) is 0.533. The first-order valence-electron chi connectivity index (χ1n) is 7.07. The van der Waals surface area contributed by atoms with Crippen LogP contribution >= 0.6 is 0 Å². The van der Waals surface area contributed by atoms with Crippen LogP contribution in [0.4, 0.5) is 0 Å². The van der Waals surface area contributed by atoms with Crippen LogP contribution in [0.15, 0.2) is 18.3 Å². The van der Waals surface area contributed by atoms with Crippen molar-refractivity contribution >= 4 is 11.8 Å². The number of amides is 2. The van der Waals surface area contributed by atoms with Crippen LogP contribution in [0.5, 0.6) is 0 Å². The molecule has 5 nitrogen and oxygen atoms in total. The molecule has 0 saturated heterocycles. The van der Waals surface area contributed by atoms with Gasteiger partial charge in [0.25, 0.3) is 11.8 Å². The van der Waals surface area contributed by atoms with Gasteiger partial charge in [0.1, 0.15) is 5.69 Å². The highest BCUT2D eigenvalue weighted by atomic mass is 16.2. The second kappa shape index (κ2) is 8.30. The number of hydrogen-bond donors (Lipinski definition) is 2. The summed E-state index contributed by atoms with van der Waals surface area (Å²) >= 11 is 0. The van der Waals surface area contributed by atoms with E-state index in [1.807, 2.05) is 6.92 Å². The Labute approximate surface area is 120 Å². The van der Waals surface area contributed by atoms with E-state index >= 15 is 0 Å². The zero-order valence-corrected chi connectivity index (χ0v) is 12.4. The van der Waals surface area contributed by atoms with Crippen molar-refractivity contribution in [1.29, 1.82) is 0 Å². The van der Waals surface area contributed by atoms with Crippen molar-refractivity contribution in [2.75, 3.05) is 13.1 Å². The van der Waals surface area contributed by atoms with Crippen molar-refractivity contribution < 1.29 is 9.59 Å². The van der Waals surface area contributed by atoms with E-state index in [-0.39, 0.29) is 17.5 Å². The average molecular weight is 277 g/mol. The van der Waals surface area contributed by atoms with E-state index in [0.29, 0.717) is 24.6 Å². The molecule has 0 atom stereocenters. The van der Waals surface area contributed by atoms with Crippen molar-refractivity contribution in [3.05, 3.63) is 29.6 Å². The second-order valence-corrected chi connectivity index (χ2v) is 5.12. The predicted molar refractivity (Wildman–Crippen MR) is 78.6 cm³/mol. The lowest BCUT2D eigenvalue weighted by Crippen LogP contribution is -2.27. The van der Waals surface area contributed by atoms with Crippen LogP contribution in [0.3, 0.4) is 0 Å². The van der Waals surface area contributed by atoms with Crippen LogP contribution in [0.2, 0.25) is 0 Å². The molecular weight excluding hydrogens is 254 g/mol. The summed E-state index contributed by atoms with van der Waals surface area (Å²) in [4.78, 5) is 27.7. The van der Waals surface area contributed by atoms with E-state index < -0.39 is 0 Å². The SMILES string of the molecule is CCCNC(=O)c1ccnc(C(=O)NCCC(C)C)c1. The van der Waals surface area contributed by atoms with Gasteiger partial charge in [-0.3, -0.25) is 14.6 Å². The van der Waals surface area contributed by atoms with Crippen LogP contribution < -0.4 is 10.6 Å². The van der Waals surface area contributed by atoms with Crippen molar-refractivity contribution in [2.45, 2.75) is 33.6 Å². The highest BCUT2D eigenvalue weighted by Gasteiger charge is 2.11. The highest BCUT2D eigenvalue weighted by molar-refractivity contribution is 5.98. The first-order chi connectivity index (χ1) is 9.54. The second-order valence-electron chi connectivity index (χ2n) is 5.12. The first-order valence-corrected chi connectivity index (χ1v) is 7.07. The van der Waals surface area contributed by atoms with Gasteiger partial charge in [-0.1, -0.05) is 20.8 Å². The fourth-order valence-electron chi connectivity index (χ4n) is 1.60. The normalized spacial score (nSPS) is 10.4. The summed E-state index contributed by atoms with van der Waals surface area (Å²) in [6, 6.07) is 3.13. The molecule has 1 aromatic rings. The lowest BCUT2D eigenvalue weighted by molar-refractivity contribution is 0.0947. The summed E-state index contributed by atoms with van der Waals surface area (Å²) in [5.41, 5.74) is 0.736. The van der Waals surface area contributed by atoms with Crippen LogP contribution in [0, 0.1) is 5.92 Å². The zero-order chi connectivity index (χ0) is 15.0. The lowest BCUT2D eigenvalue weighted by Gasteiger charge is -2.08. The standard InChI is InChI=1S/C15H23N3O2/c1-4-7-17-14(19)12-6-9-16-13(10-12)15(20)18-8-5-11(2)3/h6,9-11H,4-5,7-8H2,1-3H3,(H,17,19)(H,18,20). The minimum absolute atomic E-state index is 0.175. The average Bonchev–Trinajstić information content (AvgIpc) is 2.44. The Morgan fingerprint density at radius 3 is 2.55 bits per heavy atom. The third-order valence-electron chi connectivity index (χ3n) is 2.80. The molecular formula is C15H23N3O2. The number of hydrogen-bond acceptors (Lipinski definition) is 3. The van der Waals surface area contributed by atoms with Gasteiger partial charge >= 0.3 is 0 Å². The molecule has 110 valence electrons. The molecule has 0 aliphatic heterocycles. The molecule has 2 N–H and O–H groups in total. The van der Waals surface area contributed by atoms with Gasteiger partial charge in [0.15, 0.2) is 0 Å². The number of pyridine rings is 1. The summed E-state index contributed by atoms with van der Waals surface area (Å²) in [6.45, 7) is 7.42. The molecule has 1 heterocycles. The van der Waals surface area contributed by atoms with Crippen LogP contribution in [0.25, 0.3) is 0 Å². The van der Waals surface area contributed by atoms with Crippen LogP contribution in [-0.2, 0) is 0 Å². The Bertz CT molecular complexity index is 458. The third kappa shape index (κ3) is 5.38. The quantitative estimate of drug-likeness (QED) is 0.800. The van der Waals surface area contributed by atoms with Crippen LogP contribution in [0.1, 0.15) is 54.5 Å². The molecule has 0 bridgehead atoms. The predicted octanol–water partition coefficient (Wildman–Crippen LogP) is 2.00. The Balaban J connectivity index is 2.62. The number of carbonyl (C=O) groups is 2. The van der Waals surface area contributed by atoms with E-state index in [1.54, 1.807) is 6.07 Å². The number of nitrogens with one attached hydrogen (secondary N) is 2. The van der Waals surface area contributed by atoms with E-state index in [9.17, 15) is 9.59 Å². The Kier molecular flexibility index (Phi) is 6.70. The molecule has 0 fully saturated rings.